The van der Waals surface area contributed by atoms with Crippen LogP contribution < -0.4 is 5.32 Å². The molecule has 76 valence electrons. The van der Waals surface area contributed by atoms with Crippen molar-refractivity contribution in [2.24, 2.45) is 0 Å². The maximum absolute atomic E-state index is 4.68. The lowest BCUT2D eigenvalue weighted by Gasteiger charge is -2.11. The number of nitrogens with one attached hydrogen (secondary N) is 1. The van der Waals surface area contributed by atoms with Crippen LogP contribution >= 0.6 is 15.9 Å². The molecule has 0 spiro atoms. The van der Waals surface area contributed by atoms with Crippen molar-refractivity contribution in [1.82, 2.24) is 15.1 Å². The van der Waals surface area contributed by atoms with Crippen LogP contribution in [0.25, 0.3) is 0 Å². The molecule has 4 heteroatoms. The average molecular weight is 256 g/mol. The Morgan fingerprint density at radius 3 is 2.79 bits per heavy atom. The van der Waals surface area contributed by atoms with Crippen LogP contribution in [-0.2, 0) is 13.1 Å². The molecule has 1 saturated carbocycles. The van der Waals surface area contributed by atoms with Crippen LogP contribution in [0.1, 0.15) is 43.0 Å². The van der Waals surface area contributed by atoms with Gasteiger partial charge >= 0.3 is 0 Å². The molecule has 3 rings (SSSR count). The number of fused-ring (bicyclic) bond motifs is 1. The second-order valence-electron chi connectivity index (χ2n) is 4.20. The number of rotatable bonds is 1. The fourth-order valence-electron chi connectivity index (χ4n) is 2.51. The normalized spacial score (nSPS) is 21.8. The number of halogens is 1. The predicted octanol–water partition coefficient (Wildman–Crippen LogP) is 2.36. The van der Waals surface area contributed by atoms with Crippen LogP contribution in [0.5, 0.6) is 0 Å². The van der Waals surface area contributed by atoms with Gasteiger partial charge in [-0.1, -0.05) is 12.8 Å². The van der Waals surface area contributed by atoms with Crippen LogP contribution in [0, 0.1) is 0 Å². The van der Waals surface area contributed by atoms with Crippen LogP contribution in [0.2, 0.25) is 0 Å². The molecule has 0 radical (unpaired) electrons. The van der Waals surface area contributed by atoms with Gasteiger partial charge in [0.2, 0.25) is 0 Å². The van der Waals surface area contributed by atoms with E-state index in [1.807, 2.05) is 0 Å². The molecule has 0 atom stereocenters. The molecule has 1 aromatic rings. The highest BCUT2D eigenvalue weighted by Gasteiger charge is 2.25. The molecule has 2 heterocycles. The van der Waals surface area contributed by atoms with Crippen molar-refractivity contribution in [1.29, 1.82) is 0 Å². The summed E-state index contributed by atoms with van der Waals surface area (Å²) < 4.78 is 3.42. The Labute approximate surface area is 92.0 Å². The third kappa shape index (κ3) is 1.24. The minimum absolute atomic E-state index is 0.648. The van der Waals surface area contributed by atoms with Crippen molar-refractivity contribution in [2.75, 3.05) is 0 Å². The SMILES string of the molecule is Brc1c2c(nn1C1CCCC1)CNC2. The molecule has 1 fully saturated rings. The molecular formula is C10H14BrN3. The zero-order valence-corrected chi connectivity index (χ0v) is 9.68. The fraction of sp³-hybridized carbons (Fsp3) is 0.700. The maximum Gasteiger partial charge on any atom is 0.109 e. The topological polar surface area (TPSA) is 29.9 Å². The second kappa shape index (κ2) is 3.35. The summed E-state index contributed by atoms with van der Waals surface area (Å²) in [6, 6.07) is 0.648. The zero-order valence-electron chi connectivity index (χ0n) is 8.09. The van der Waals surface area contributed by atoms with E-state index in [-0.39, 0.29) is 0 Å². The van der Waals surface area contributed by atoms with Crippen molar-refractivity contribution in [3.63, 3.8) is 0 Å². The van der Waals surface area contributed by atoms with Crippen molar-refractivity contribution < 1.29 is 0 Å². The Morgan fingerprint density at radius 1 is 1.29 bits per heavy atom. The molecule has 1 aromatic heterocycles. The lowest BCUT2D eigenvalue weighted by atomic mass is 10.2. The van der Waals surface area contributed by atoms with Crippen LogP contribution in [0.15, 0.2) is 4.60 Å². The molecular weight excluding hydrogens is 242 g/mol. The molecule has 14 heavy (non-hydrogen) atoms. The summed E-state index contributed by atoms with van der Waals surface area (Å²) in [6.07, 6.45) is 5.32. The molecule has 0 bridgehead atoms. The number of hydrogen-bond donors (Lipinski definition) is 1. The van der Waals surface area contributed by atoms with Gasteiger partial charge in [0.15, 0.2) is 0 Å². The van der Waals surface area contributed by atoms with Gasteiger partial charge in [-0.15, -0.1) is 0 Å². The highest BCUT2D eigenvalue weighted by molar-refractivity contribution is 9.10. The van der Waals surface area contributed by atoms with E-state index in [0.717, 1.165) is 13.1 Å². The van der Waals surface area contributed by atoms with E-state index < -0.39 is 0 Å². The molecule has 0 saturated heterocycles. The van der Waals surface area contributed by atoms with Crippen molar-refractivity contribution in [3.05, 3.63) is 15.9 Å². The van der Waals surface area contributed by atoms with E-state index in [0.29, 0.717) is 6.04 Å². The van der Waals surface area contributed by atoms with Gasteiger partial charge in [0.25, 0.3) is 0 Å². The maximum atomic E-state index is 4.68. The predicted molar refractivity (Wildman–Crippen MR) is 58.0 cm³/mol. The van der Waals surface area contributed by atoms with E-state index in [1.165, 1.54) is 41.5 Å². The standard InChI is InChI=1S/C10H14BrN3/c11-10-8-5-12-6-9(8)13-14(10)7-3-1-2-4-7/h7,12H,1-6H2. The molecule has 0 aromatic carbocycles. The first kappa shape index (κ1) is 8.92. The van der Waals surface area contributed by atoms with Crippen LogP contribution in [0.4, 0.5) is 0 Å². The minimum atomic E-state index is 0.648. The Kier molecular flexibility index (Phi) is 2.13. The lowest BCUT2D eigenvalue weighted by molar-refractivity contribution is 0.450. The van der Waals surface area contributed by atoms with E-state index >= 15 is 0 Å². The van der Waals surface area contributed by atoms with E-state index in [2.05, 4.69) is 31.0 Å². The molecule has 2 aliphatic rings. The second-order valence-corrected chi connectivity index (χ2v) is 4.95. The number of nitrogens with zero attached hydrogens (tertiary/aromatic N) is 2. The molecule has 0 unspecified atom stereocenters. The monoisotopic (exact) mass is 255 g/mol. The summed E-state index contributed by atoms with van der Waals surface area (Å²) >= 11 is 3.67. The lowest BCUT2D eigenvalue weighted by Crippen LogP contribution is -2.11. The summed E-state index contributed by atoms with van der Waals surface area (Å²) in [5, 5.41) is 8.00. The first-order valence-corrected chi connectivity index (χ1v) is 6.12. The summed E-state index contributed by atoms with van der Waals surface area (Å²) in [7, 11) is 0. The highest BCUT2D eigenvalue weighted by atomic mass is 79.9. The molecule has 3 nitrogen and oxygen atoms in total. The van der Waals surface area contributed by atoms with Crippen molar-refractivity contribution in [3.8, 4) is 0 Å². The molecule has 1 aliphatic carbocycles. The number of aromatic nitrogens is 2. The Hall–Kier alpha value is -0.350. The fourth-order valence-corrected chi connectivity index (χ4v) is 3.24. The van der Waals surface area contributed by atoms with Gasteiger partial charge in [0.1, 0.15) is 4.60 Å². The Bertz CT molecular complexity index is 352. The van der Waals surface area contributed by atoms with Crippen molar-refractivity contribution >= 4 is 15.9 Å². The van der Waals surface area contributed by atoms with Gasteiger partial charge in [-0.25, -0.2) is 0 Å². The number of hydrogen-bond acceptors (Lipinski definition) is 2. The van der Waals surface area contributed by atoms with Gasteiger partial charge in [-0.2, -0.15) is 5.10 Å². The van der Waals surface area contributed by atoms with Gasteiger partial charge < -0.3 is 5.32 Å². The quantitative estimate of drug-likeness (QED) is 0.835. The van der Waals surface area contributed by atoms with E-state index in [1.54, 1.807) is 0 Å². The molecule has 1 aliphatic heterocycles. The molecule has 1 N–H and O–H groups in total. The van der Waals surface area contributed by atoms with Gasteiger partial charge in [0, 0.05) is 18.7 Å². The smallest absolute Gasteiger partial charge is 0.109 e. The highest BCUT2D eigenvalue weighted by Crippen LogP contribution is 2.34. The molecule has 0 amide bonds. The van der Waals surface area contributed by atoms with Crippen molar-refractivity contribution in [2.45, 2.75) is 44.8 Å². The first-order chi connectivity index (χ1) is 6.86. The summed E-state index contributed by atoms with van der Waals surface area (Å²) in [5.74, 6) is 0. The van der Waals surface area contributed by atoms with Gasteiger partial charge in [0.05, 0.1) is 11.7 Å². The van der Waals surface area contributed by atoms with Crippen LogP contribution in [-0.4, -0.2) is 9.78 Å². The van der Waals surface area contributed by atoms with E-state index in [4.69, 9.17) is 0 Å². The summed E-state index contributed by atoms with van der Waals surface area (Å²) in [4.78, 5) is 0. The largest absolute Gasteiger partial charge is 0.307 e. The van der Waals surface area contributed by atoms with Gasteiger partial charge in [-0.05, 0) is 28.8 Å². The third-order valence-corrected chi connectivity index (χ3v) is 4.13. The third-order valence-electron chi connectivity index (χ3n) is 3.29. The average Bonchev–Trinajstić information content (AvgIpc) is 2.84. The first-order valence-electron chi connectivity index (χ1n) is 5.33. The Morgan fingerprint density at radius 2 is 2.07 bits per heavy atom. The zero-order chi connectivity index (χ0) is 9.54. The minimum Gasteiger partial charge on any atom is -0.307 e. The van der Waals surface area contributed by atoms with Crippen LogP contribution in [0.3, 0.4) is 0 Å². The van der Waals surface area contributed by atoms with E-state index in [9.17, 15) is 0 Å². The Balaban J connectivity index is 1.98. The summed E-state index contributed by atoms with van der Waals surface area (Å²) in [5.41, 5.74) is 2.61. The summed E-state index contributed by atoms with van der Waals surface area (Å²) in [6.45, 7) is 1.91. The van der Waals surface area contributed by atoms with Gasteiger partial charge in [-0.3, -0.25) is 4.68 Å².